The number of benzene rings is 2. The predicted octanol–water partition coefficient (Wildman–Crippen LogP) is 4.70. The first-order chi connectivity index (χ1) is 14.6. The Bertz CT molecular complexity index is 951. The van der Waals surface area contributed by atoms with Crippen LogP contribution in [0.15, 0.2) is 59.0 Å². The van der Waals surface area contributed by atoms with Crippen LogP contribution in [0.3, 0.4) is 0 Å². The van der Waals surface area contributed by atoms with Crippen LogP contribution in [0, 0.1) is 0 Å². The Morgan fingerprint density at radius 2 is 1.93 bits per heavy atom. The van der Waals surface area contributed by atoms with E-state index in [4.69, 9.17) is 13.9 Å². The van der Waals surface area contributed by atoms with E-state index >= 15 is 0 Å². The number of hydrogen-bond acceptors (Lipinski definition) is 6. The lowest BCUT2D eigenvalue weighted by Gasteiger charge is -2.09. The van der Waals surface area contributed by atoms with E-state index in [2.05, 4.69) is 24.1 Å². The third-order valence-electron chi connectivity index (χ3n) is 4.45. The molecule has 158 valence electrons. The smallest absolute Gasteiger partial charge is 0.319 e. The summed E-state index contributed by atoms with van der Waals surface area (Å²) in [6.45, 7) is 7.39. The quantitative estimate of drug-likeness (QED) is 0.490. The molecule has 0 unspecified atom stereocenters. The van der Waals surface area contributed by atoms with E-state index in [1.165, 1.54) is 0 Å². The molecule has 30 heavy (non-hydrogen) atoms. The van der Waals surface area contributed by atoms with E-state index in [9.17, 15) is 4.79 Å². The van der Waals surface area contributed by atoms with Gasteiger partial charge in [-0.1, -0.05) is 44.2 Å². The van der Waals surface area contributed by atoms with Crippen LogP contribution in [0.5, 0.6) is 5.75 Å². The van der Waals surface area contributed by atoms with E-state index in [-0.39, 0.29) is 18.4 Å². The normalized spacial score (nSPS) is 10.9. The third kappa shape index (κ3) is 5.94. The number of carbonyl (C=O) groups is 1. The molecule has 0 atom stereocenters. The van der Waals surface area contributed by atoms with Gasteiger partial charge in [0, 0.05) is 18.0 Å². The highest BCUT2D eigenvalue weighted by atomic mass is 16.5. The number of esters is 1. The summed E-state index contributed by atoms with van der Waals surface area (Å²) in [7, 11) is 0. The van der Waals surface area contributed by atoms with Gasteiger partial charge < -0.3 is 19.2 Å². The average Bonchev–Trinajstić information content (AvgIpc) is 3.18. The molecule has 0 saturated heterocycles. The van der Waals surface area contributed by atoms with Gasteiger partial charge in [-0.3, -0.25) is 4.79 Å². The summed E-state index contributed by atoms with van der Waals surface area (Å²) < 4.78 is 16.9. The molecule has 0 saturated carbocycles. The second kappa shape index (κ2) is 10.6. The van der Waals surface area contributed by atoms with Gasteiger partial charge in [0.15, 0.2) is 0 Å². The van der Waals surface area contributed by atoms with Crippen LogP contribution >= 0.6 is 0 Å². The summed E-state index contributed by atoms with van der Waals surface area (Å²) in [5.74, 6) is 2.12. The minimum Gasteiger partial charge on any atom is -0.487 e. The van der Waals surface area contributed by atoms with Crippen molar-refractivity contribution in [3.05, 3.63) is 71.6 Å². The Hall–Kier alpha value is -3.12. The number of hydrogen-bond donors (Lipinski definition) is 1. The lowest BCUT2D eigenvalue weighted by Crippen LogP contribution is -2.24. The third-order valence-corrected chi connectivity index (χ3v) is 4.45. The topological polar surface area (TPSA) is 73.6 Å². The molecule has 0 bridgehead atoms. The molecule has 1 aromatic heterocycles. The SMILES string of the molecule is CCOC(=O)CNCc1cccc(OCc2nc(-c3ccccc3)oc2C(C)C)c1. The minimum absolute atomic E-state index is 0.178. The second-order valence-electron chi connectivity index (χ2n) is 7.20. The largest absolute Gasteiger partial charge is 0.487 e. The van der Waals surface area contributed by atoms with Crippen molar-refractivity contribution >= 4 is 5.97 Å². The summed E-state index contributed by atoms with van der Waals surface area (Å²) in [5, 5.41) is 3.08. The molecule has 0 aliphatic carbocycles. The second-order valence-corrected chi connectivity index (χ2v) is 7.20. The van der Waals surface area contributed by atoms with Crippen molar-refractivity contribution in [2.75, 3.05) is 13.2 Å². The predicted molar refractivity (Wildman–Crippen MR) is 115 cm³/mol. The molecule has 3 aromatic rings. The maximum Gasteiger partial charge on any atom is 0.319 e. The lowest BCUT2D eigenvalue weighted by molar-refractivity contribution is -0.142. The van der Waals surface area contributed by atoms with Crippen LogP contribution in [0.25, 0.3) is 11.5 Å². The fourth-order valence-electron chi connectivity index (χ4n) is 3.04. The van der Waals surface area contributed by atoms with E-state index in [0.29, 0.717) is 25.6 Å². The molecule has 0 aliphatic heterocycles. The first-order valence-electron chi connectivity index (χ1n) is 10.2. The number of carbonyl (C=O) groups excluding carboxylic acids is 1. The molecule has 1 N–H and O–H groups in total. The van der Waals surface area contributed by atoms with Crippen LogP contribution in [0.4, 0.5) is 0 Å². The molecule has 0 spiro atoms. The lowest BCUT2D eigenvalue weighted by atomic mass is 10.1. The van der Waals surface area contributed by atoms with Crippen LogP contribution in [0.1, 0.15) is 43.7 Å². The zero-order valence-corrected chi connectivity index (χ0v) is 17.7. The fourth-order valence-corrected chi connectivity index (χ4v) is 3.04. The van der Waals surface area contributed by atoms with Crippen molar-refractivity contribution in [1.29, 1.82) is 0 Å². The van der Waals surface area contributed by atoms with Gasteiger partial charge in [-0.05, 0) is 36.8 Å². The first kappa shape index (κ1) is 21.6. The van der Waals surface area contributed by atoms with Gasteiger partial charge in [-0.15, -0.1) is 0 Å². The standard InChI is InChI=1S/C24H28N2O4/c1-4-28-22(27)15-25-14-18-9-8-12-20(13-18)29-16-21-23(17(2)3)30-24(26-21)19-10-6-5-7-11-19/h5-13,17,25H,4,14-16H2,1-3H3. The Balaban J connectivity index is 1.64. The number of rotatable bonds is 10. The Morgan fingerprint density at radius 1 is 1.13 bits per heavy atom. The molecule has 6 nitrogen and oxygen atoms in total. The van der Waals surface area contributed by atoms with Crippen molar-refractivity contribution in [2.45, 2.75) is 39.8 Å². The molecule has 0 fully saturated rings. The Morgan fingerprint density at radius 3 is 2.67 bits per heavy atom. The zero-order valence-electron chi connectivity index (χ0n) is 17.7. The molecule has 0 aliphatic rings. The van der Waals surface area contributed by atoms with Gasteiger partial charge in [0.25, 0.3) is 0 Å². The van der Waals surface area contributed by atoms with Gasteiger partial charge in [0.05, 0.1) is 13.2 Å². The van der Waals surface area contributed by atoms with Gasteiger partial charge in [-0.2, -0.15) is 0 Å². The highest BCUT2D eigenvalue weighted by Crippen LogP contribution is 2.28. The highest BCUT2D eigenvalue weighted by molar-refractivity contribution is 5.71. The van der Waals surface area contributed by atoms with Crippen molar-refractivity contribution in [1.82, 2.24) is 10.3 Å². The maximum absolute atomic E-state index is 11.4. The van der Waals surface area contributed by atoms with Crippen molar-refractivity contribution in [3.8, 4) is 17.2 Å². The van der Waals surface area contributed by atoms with Crippen LogP contribution in [0.2, 0.25) is 0 Å². The van der Waals surface area contributed by atoms with Gasteiger partial charge in [0.1, 0.15) is 23.8 Å². The summed E-state index contributed by atoms with van der Waals surface area (Å²) in [6.07, 6.45) is 0. The fraction of sp³-hybridized carbons (Fsp3) is 0.333. The zero-order chi connectivity index (χ0) is 21.3. The number of aromatic nitrogens is 1. The van der Waals surface area contributed by atoms with E-state index in [0.717, 1.165) is 28.3 Å². The van der Waals surface area contributed by atoms with E-state index < -0.39 is 0 Å². The van der Waals surface area contributed by atoms with Crippen molar-refractivity contribution < 1.29 is 18.7 Å². The summed E-state index contributed by atoms with van der Waals surface area (Å²) in [6, 6.07) is 17.6. The number of nitrogens with zero attached hydrogens (tertiary/aromatic N) is 1. The molecule has 3 rings (SSSR count). The average molecular weight is 408 g/mol. The van der Waals surface area contributed by atoms with E-state index in [1.807, 2.05) is 54.6 Å². The van der Waals surface area contributed by atoms with Crippen LogP contribution < -0.4 is 10.1 Å². The summed E-state index contributed by atoms with van der Waals surface area (Å²) in [5.41, 5.74) is 2.76. The molecular weight excluding hydrogens is 380 g/mol. The molecular formula is C24H28N2O4. The Kier molecular flexibility index (Phi) is 7.63. The first-order valence-corrected chi connectivity index (χ1v) is 10.2. The minimum atomic E-state index is -0.258. The van der Waals surface area contributed by atoms with Crippen molar-refractivity contribution in [2.24, 2.45) is 0 Å². The van der Waals surface area contributed by atoms with Crippen molar-refractivity contribution in [3.63, 3.8) is 0 Å². The van der Waals surface area contributed by atoms with Crippen LogP contribution in [-0.2, 0) is 22.7 Å². The Labute approximate surface area is 177 Å². The van der Waals surface area contributed by atoms with E-state index in [1.54, 1.807) is 6.92 Å². The monoisotopic (exact) mass is 408 g/mol. The number of nitrogens with one attached hydrogen (secondary N) is 1. The summed E-state index contributed by atoms with van der Waals surface area (Å²) in [4.78, 5) is 16.1. The molecule has 0 amide bonds. The van der Waals surface area contributed by atoms with Gasteiger partial charge in [-0.25, -0.2) is 4.98 Å². The molecule has 6 heteroatoms. The molecule has 2 aromatic carbocycles. The maximum atomic E-state index is 11.4. The highest BCUT2D eigenvalue weighted by Gasteiger charge is 2.18. The van der Waals surface area contributed by atoms with Gasteiger partial charge >= 0.3 is 5.97 Å². The van der Waals surface area contributed by atoms with Gasteiger partial charge in [0.2, 0.25) is 5.89 Å². The van der Waals surface area contributed by atoms with Crippen LogP contribution in [-0.4, -0.2) is 24.1 Å². The summed E-state index contributed by atoms with van der Waals surface area (Å²) >= 11 is 0. The number of ether oxygens (including phenoxy) is 2. The molecule has 0 radical (unpaired) electrons. The molecule has 1 heterocycles. The number of oxazole rings is 1.